The zero-order valence-corrected chi connectivity index (χ0v) is 15.0. The topological polar surface area (TPSA) is 27.2 Å². The van der Waals surface area contributed by atoms with Crippen LogP contribution in [0.4, 0.5) is 8.78 Å². The van der Waals surface area contributed by atoms with Crippen molar-refractivity contribution >= 4 is 12.2 Å². The van der Waals surface area contributed by atoms with Gasteiger partial charge in [0.05, 0.1) is 18.8 Å². The van der Waals surface area contributed by atoms with Crippen LogP contribution in [0, 0.1) is 16.4 Å². The van der Waals surface area contributed by atoms with Gasteiger partial charge in [-0.05, 0) is 60.7 Å². The van der Waals surface area contributed by atoms with Crippen LogP contribution in [-0.2, 0) is 6.67 Å². The van der Waals surface area contributed by atoms with Crippen LogP contribution in [0.2, 0.25) is 0 Å². The third-order valence-corrected chi connectivity index (χ3v) is 5.10. The summed E-state index contributed by atoms with van der Waals surface area (Å²) in [5.41, 5.74) is 1.50. The molecule has 134 valence electrons. The molecule has 0 radical (unpaired) electrons. The predicted molar refractivity (Wildman–Crippen MR) is 97.7 cm³/mol. The summed E-state index contributed by atoms with van der Waals surface area (Å²) in [4.78, 5) is 1.44. The summed E-state index contributed by atoms with van der Waals surface area (Å²) in [5.74, 6) is 0.0133. The van der Waals surface area contributed by atoms with Gasteiger partial charge in [-0.1, -0.05) is 0 Å². The first kappa shape index (κ1) is 17.1. The van der Waals surface area contributed by atoms with Gasteiger partial charge in [0.2, 0.25) is 4.77 Å². The van der Waals surface area contributed by atoms with E-state index >= 15 is 0 Å². The number of benzene rings is 2. The van der Waals surface area contributed by atoms with Crippen LogP contribution in [-0.4, -0.2) is 27.4 Å². The van der Waals surface area contributed by atoms with E-state index in [2.05, 4.69) is 0 Å². The molecule has 26 heavy (non-hydrogen) atoms. The van der Waals surface area contributed by atoms with Crippen LogP contribution in [0.25, 0.3) is 17.1 Å². The summed E-state index contributed by atoms with van der Waals surface area (Å²) in [7, 11) is 0. The Morgan fingerprint density at radius 2 is 1.50 bits per heavy atom. The van der Waals surface area contributed by atoms with E-state index in [-0.39, 0.29) is 11.6 Å². The highest BCUT2D eigenvalue weighted by atomic mass is 32.1. The number of halogens is 2. The molecule has 4 rings (SSSR count). The molecular weight excluding hydrogens is 354 g/mol. The summed E-state index contributed by atoms with van der Waals surface area (Å²) < 4.78 is 30.9. The number of hydrogen-bond donors (Lipinski definition) is 1. The average molecular weight is 373 g/mol. The molecule has 3 aromatic rings. The van der Waals surface area contributed by atoms with Gasteiger partial charge in [0.15, 0.2) is 12.5 Å². The quantitative estimate of drug-likeness (QED) is 0.712. The van der Waals surface area contributed by atoms with Crippen LogP contribution in [0.1, 0.15) is 12.8 Å². The average Bonchev–Trinajstić information content (AvgIpc) is 3.26. The van der Waals surface area contributed by atoms with Crippen LogP contribution >= 0.6 is 12.2 Å². The molecule has 1 aliphatic heterocycles. The Hall–Kier alpha value is -2.38. The van der Waals surface area contributed by atoms with Crippen LogP contribution in [0.3, 0.4) is 0 Å². The second-order valence-corrected chi connectivity index (χ2v) is 6.90. The fourth-order valence-electron chi connectivity index (χ4n) is 3.36. The Balaban J connectivity index is 1.83. The van der Waals surface area contributed by atoms with E-state index in [4.69, 9.17) is 17.3 Å². The molecule has 1 aromatic heterocycles. The molecule has 0 aliphatic carbocycles. The fraction of sp³-hybridized carbons (Fsp3) is 0.263. The maximum Gasteiger partial charge on any atom is 0.207 e. The molecule has 0 bridgehead atoms. The van der Waals surface area contributed by atoms with Gasteiger partial charge in [-0.25, -0.2) is 8.78 Å². The normalized spacial score (nSPS) is 14.8. The highest BCUT2D eigenvalue weighted by Crippen LogP contribution is 2.23. The molecule has 2 aromatic carbocycles. The number of hydrogen-bond acceptors (Lipinski definition) is 2. The molecule has 1 saturated heterocycles. The molecule has 7 heteroatoms. The van der Waals surface area contributed by atoms with Crippen LogP contribution < -0.4 is 4.90 Å². The minimum absolute atomic E-state index is 0.304. The minimum Gasteiger partial charge on any atom is -0.316 e. The zero-order chi connectivity index (χ0) is 18.1. The van der Waals surface area contributed by atoms with Gasteiger partial charge in [0, 0.05) is 18.4 Å². The van der Waals surface area contributed by atoms with Crippen molar-refractivity contribution in [2.45, 2.75) is 19.5 Å². The van der Waals surface area contributed by atoms with E-state index in [0.29, 0.717) is 17.3 Å². The lowest BCUT2D eigenvalue weighted by Crippen LogP contribution is -3.09. The van der Waals surface area contributed by atoms with Gasteiger partial charge in [-0.3, -0.25) is 4.57 Å². The number of nitrogens with one attached hydrogen (secondary N) is 1. The smallest absolute Gasteiger partial charge is 0.207 e. The molecule has 1 aliphatic rings. The lowest BCUT2D eigenvalue weighted by Gasteiger charge is -2.11. The number of aromatic nitrogens is 3. The minimum atomic E-state index is -0.308. The maximum absolute atomic E-state index is 13.3. The van der Waals surface area contributed by atoms with Gasteiger partial charge < -0.3 is 4.90 Å². The fourth-order valence-corrected chi connectivity index (χ4v) is 3.66. The predicted octanol–water partition coefficient (Wildman–Crippen LogP) is 2.98. The lowest BCUT2D eigenvalue weighted by atomic mass is 10.2. The highest BCUT2D eigenvalue weighted by Gasteiger charge is 2.20. The third-order valence-electron chi connectivity index (χ3n) is 4.71. The van der Waals surface area contributed by atoms with Gasteiger partial charge >= 0.3 is 0 Å². The Morgan fingerprint density at radius 1 is 0.923 bits per heavy atom. The van der Waals surface area contributed by atoms with Crippen LogP contribution in [0.5, 0.6) is 0 Å². The Labute approximate surface area is 155 Å². The molecule has 1 N–H and O–H groups in total. The molecule has 0 spiro atoms. The monoisotopic (exact) mass is 373 g/mol. The van der Waals surface area contributed by atoms with Gasteiger partial charge in [0.1, 0.15) is 11.6 Å². The van der Waals surface area contributed by atoms with E-state index in [1.165, 1.54) is 42.0 Å². The van der Waals surface area contributed by atoms with Crippen molar-refractivity contribution in [1.29, 1.82) is 0 Å². The maximum atomic E-state index is 13.3. The van der Waals surface area contributed by atoms with Crippen molar-refractivity contribution < 1.29 is 13.7 Å². The van der Waals surface area contributed by atoms with E-state index in [1.54, 1.807) is 24.3 Å². The molecule has 2 heterocycles. The first-order valence-electron chi connectivity index (χ1n) is 8.67. The number of likely N-dealkylation sites (tertiary alicyclic amines) is 1. The van der Waals surface area contributed by atoms with Crippen molar-refractivity contribution in [2.75, 3.05) is 13.1 Å². The molecule has 0 atom stereocenters. The molecule has 0 amide bonds. The summed E-state index contributed by atoms with van der Waals surface area (Å²) >= 11 is 5.67. The summed E-state index contributed by atoms with van der Waals surface area (Å²) in [5, 5.41) is 4.71. The first-order chi connectivity index (χ1) is 12.6. The lowest BCUT2D eigenvalue weighted by molar-refractivity contribution is -0.911. The standard InChI is InChI=1S/C19H18F2N4S/c20-15-5-3-14(4-6-15)18-22-24(13-23-11-1-2-12-23)19(26)25(18)17-9-7-16(21)8-10-17/h3-10H,1-2,11-13H2/p+1. The van der Waals surface area contributed by atoms with Crippen molar-refractivity contribution in [3.05, 3.63) is 64.9 Å². The Bertz CT molecular complexity index is 955. The van der Waals surface area contributed by atoms with E-state index in [0.717, 1.165) is 24.3 Å². The Kier molecular flexibility index (Phi) is 4.65. The first-order valence-corrected chi connectivity index (χ1v) is 9.08. The molecule has 0 unspecified atom stereocenters. The largest absolute Gasteiger partial charge is 0.316 e. The summed E-state index contributed by atoms with van der Waals surface area (Å²) in [6, 6.07) is 12.3. The summed E-state index contributed by atoms with van der Waals surface area (Å²) in [6.45, 7) is 2.91. The molecule has 4 nitrogen and oxygen atoms in total. The van der Waals surface area contributed by atoms with Gasteiger partial charge in [-0.15, -0.1) is 5.10 Å². The van der Waals surface area contributed by atoms with Crippen molar-refractivity contribution in [1.82, 2.24) is 14.3 Å². The van der Waals surface area contributed by atoms with Gasteiger partial charge in [-0.2, -0.15) is 4.68 Å². The van der Waals surface area contributed by atoms with Crippen molar-refractivity contribution in [3.63, 3.8) is 0 Å². The highest BCUT2D eigenvalue weighted by molar-refractivity contribution is 7.71. The number of rotatable bonds is 4. The zero-order valence-electron chi connectivity index (χ0n) is 14.2. The third kappa shape index (κ3) is 3.32. The molecule has 0 saturated carbocycles. The van der Waals surface area contributed by atoms with E-state index in [9.17, 15) is 8.78 Å². The van der Waals surface area contributed by atoms with Crippen molar-refractivity contribution in [3.8, 4) is 17.1 Å². The SMILES string of the molecule is Fc1ccc(-c2nn(C[NH+]3CCCC3)c(=S)n2-c2ccc(F)cc2)cc1. The second kappa shape index (κ2) is 7.09. The van der Waals surface area contributed by atoms with Crippen LogP contribution in [0.15, 0.2) is 48.5 Å². The van der Waals surface area contributed by atoms with Gasteiger partial charge in [0.25, 0.3) is 0 Å². The van der Waals surface area contributed by atoms with E-state index in [1.807, 2.05) is 9.25 Å². The summed E-state index contributed by atoms with van der Waals surface area (Å²) in [6.07, 6.45) is 2.43. The number of nitrogens with zero attached hydrogens (tertiary/aromatic N) is 3. The molecule has 1 fully saturated rings. The second-order valence-electron chi connectivity index (χ2n) is 6.54. The van der Waals surface area contributed by atoms with E-state index < -0.39 is 0 Å². The van der Waals surface area contributed by atoms with Crippen molar-refractivity contribution in [2.24, 2.45) is 0 Å². The number of quaternary nitrogens is 1. The Morgan fingerprint density at radius 3 is 2.12 bits per heavy atom. The molecular formula is C19H19F2N4S+.